The van der Waals surface area contributed by atoms with E-state index in [1.807, 2.05) is 18.6 Å². The lowest BCUT2D eigenvalue weighted by molar-refractivity contribution is 0.0976. The standard InChI is InChI=1S/C29H28F2N4O5S/c1-18(2)17-40-23-15-20(14-22(31)16-23)25-11-10-24(28(36)35-41(37,38)27-5-3-4-26(32)34-27)29(33-25)39-13-12-19-6-8-21(30)9-7-19/h3-11,14-16,18H,12-13,17H2,1-2H3,(H2,32,34)(H,35,36). The molecule has 0 atom stereocenters. The maximum Gasteiger partial charge on any atom is 0.281 e. The first-order chi connectivity index (χ1) is 19.5. The molecular weight excluding hydrogens is 554 g/mol. The van der Waals surface area contributed by atoms with E-state index in [1.165, 1.54) is 54.6 Å². The number of carbonyl (C=O) groups is 1. The lowest BCUT2D eigenvalue weighted by Gasteiger charge is -2.14. The van der Waals surface area contributed by atoms with E-state index >= 15 is 0 Å². The van der Waals surface area contributed by atoms with Gasteiger partial charge in [-0.3, -0.25) is 4.79 Å². The summed E-state index contributed by atoms with van der Waals surface area (Å²) in [6, 6.07) is 16.7. The number of nitrogen functional groups attached to an aromatic ring is 1. The lowest BCUT2D eigenvalue weighted by Crippen LogP contribution is -2.31. The van der Waals surface area contributed by atoms with Gasteiger partial charge in [0.05, 0.1) is 18.9 Å². The Hall–Kier alpha value is -4.58. The number of nitrogens with two attached hydrogens (primary N) is 1. The molecule has 214 valence electrons. The van der Waals surface area contributed by atoms with Crippen molar-refractivity contribution in [2.24, 2.45) is 5.92 Å². The third-order valence-corrected chi connectivity index (χ3v) is 6.88. The van der Waals surface area contributed by atoms with Crippen molar-refractivity contribution in [2.75, 3.05) is 18.9 Å². The molecule has 0 aliphatic carbocycles. The van der Waals surface area contributed by atoms with Crippen LogP contribution in [0.4, 0.5) is 14.6 Å². The van der Waals surface area contributed by atoms with E-state index in [9.17, 15) is 22.0 Å². The van der Waals surface area contributed by atoms with Gasteiger partial charge in [-0.2, -0.15) is 8.42 Å². The van der Waals surface area contributed by atoms with Crippen LogP contribution in [0.1, 0.15) is 29.8 Å². The van der Waals surface area contributed by atoms with Gasteiger partial charge < -0.3 is 15.2 Å². The molecule has 0 unspecified atom stereocenters. The molecule has 0 spiro atoms. The SMILES string of the molecule is CC(C)COc1cc(F)cc(-c2ccc(C(=O)NS(=O)(=O)c3cccc(N)n3)c(OCCc3ccc(F)cc3)n2)c1. The number of hydrogen-bond donors (Lipinski definition) is 2. The molecule has 0 aliphatic heterocycles. The Morgan fingerprint density at radius 1 is 0.951 bits per heavy atom. The Morgan fingerprint density at radius 2 is 1.71 bits per heavy atom. The first kappa shape index (κ1) is 29.4. The first-order valence-electron chi connectivity index (χ1n) is 12.6. The molecule has 0 bridgehead atoms. The van der Waals surface area contributed by atoms with E-state index in [-0.39, 0.29) is 41.3 Å². The van der Waals surface area contributed by atoms with Crippen LogP contribution in [0.2, 0.25) is 0 Å². The van der Waals surface area contributed by atoms with Crippen molar-refractivity contribution < 1.29 is 31.5 Å². The summed E-state index contributed by atoms with van der Waals surface area (Å²) in [6.45, 7) is 4.33. The minimum Gasteiger partial charge on any atom is -0.493 e. The minimum atomic E-state index is -4.38. The molecule has 4 aromatic rings. The Bertz CT molecular complexity index is 1650. The van der Waals surface area contributed by atoms with Crippen molar-refractivity contribution in [3.05, 3.63) is 95.6 Å². The van der Waals surface area contributed by atoms with E-state index in [2.05, 4.69) is 9.97 Å². The summed E-state index contributed by atoms with van der Waals surface area (Å²) in [5.74, 6) is -1.66. The molecule has 2 heterocycles. The Balaban J connectivity index is 1.64. The van der Waals surface area contributed by atoms with Gasteiger partial charge in [0, 0.05) is 18.1 Å². The fourth-order valence-corrected chi connectivity index (χ4v) is 4.61. The number of halogens is 2. The fourth-order valence-electron chi connectivity index (χ4n) is 3.67. The smallest absolute Gasteiger partial charge is 0.281 e. The van der Waals surface area contributed by atoms with Crippen molar-refractivity contribution in [3.8, 4) is 22.9 Å². The third-order valence-electron chi connectivity index (χ3n) is 5.65. The van der Waals surface area contributed by atoms with Crippen LogP contribution in [-0.2, 0) is 16.4 Å². The van der Waals surface area contributed by atoms with Crippen LogP contribution in [-0.4, -0.2) is 37.5 Å². The summed E-state index contributed by atoms with van der Waals surface area (Å²) >= 11 is 0. The normalized spacial score (nSPS) is 11.3. The highest BCUT2D eigenvalue weighted by Gasteiger charge is 2.24. The number of benzene rings is 2. The van der Waals surface area contributed by atoms with Crippen LogP contribution < -0.4 is 19.9 Å². The second-order valence-corrected chi connectivity index (χ2v) is 11.1. The predicted molar refractivity (Wildman–Crippen MR) is 149 cm³/mol. The highest BCUT2D eigenvalue weighted by Crippen LogP contribution is 2.28. The molecule has 2 aromatic carbocycles. The van der Waals surface area contributed by atoms with Gasteiger partial charge in [0.25, 0.3) is 15.9 Å². The van der Waals surface area contributed by atoms with Crippen molar-refractivity contribution >= 4 is 21.7 Å². The number of hydrogen-bond acceptors (Lipinski definition) is 8. The van der Waals surface area contributed by atoms with Crippen molar-refractivity contribution in [3.63, 3.8) is 0 Å². The molecule has 3 N–H and O–H groups in total. The summed E-state index contributed by atoms with van der Waals surface area (Å²) in [5.41, 5.74) is 6.78. The number of nitrogens with one attached hydrogen (secondary N) is 1. The molecule has 1 amide bonds. The molecule has 0 saturated carbocycles. The van der Waals surface area contributed by atoms with Gasteiger partial charge in [0.1, 0.15) is 28.8 Å². The predicted octanol–water partition coefficient (Wildman–Crippen LogP) is 4.78. The summed E-state index contributed by atoms with van der Waals surface area (Å²) in [7, 11) is -4.38. The number of sulfonamides is 1. The van der Waals surface area contributed by atoms with Gasteiger partial charge in [0.15, 0.2) is 5.03 Å². The second-order valence-electron chi connectivity index (χ2n) is 9.49. The maximum atomic E-state index is 14.4. The van der Waals surface area contributed by atoms with E-state index in [0.717, 1.165) is 5.56 Å². The molecule has 4 rings (SSSR count). The largest absolute Gasteiger partial charge is 0.493 e. The molecule has 9 nitrogen and oxygen atoms in total. The third kappa shape index (κ3) is 7.98. The van der Waals surface area contributed by atoms with Gasteiger partial charge >= 0.3 is 0 Å². The Kier molecular flexibility index (Phi) is 9.13. The average Bonchev–Trinajstić information content (AvgIpc) is 2.92. The second kappa shape index (κ2) is 12.7. The Morgan fingerprint density at radius 3 is 2.41 bits per heavy atom. The molecule has 0 aliphatic rings. The zero-order valence-electron chi connectivity index (χ0n) is 22.3. The number of aromatic nitrogens is 2. The van der Waals surface area contributed by atoms with Crippen LogP contribution in [0, 0.1) is 17.6 Å². The molecule has 2 aromatic heterocycles. The van der Waals surface area contributed by atoms with Crippen LogP contribution in [0.5, 0.6) is 11.6 Å². The highest BCUT2D eigenvalue weighted by atomic mass is 32.2. The monoisotopic (exact) mass is 582 g/mol. The minimum absolute atomic E-state index is 0.0256. The number of pyridine rings is 2. The van der Waals surface area contributed by atoms with Crippen LogP contribution >= 0.6 is 0 Å². The quantitative estimate of drug-likeness (QED) is 0.258. The number of amides is 1. The van der Waals surface area contributed by atoms with E-state index in [0.29, 0.717) is 24.3 Å². The van der Waals surface area contributed by atoms with Crippen LogP contribution in [0.15, 0.2) is 77.8 Å². The van der Waals surface area contributed by atoms with E-state index in [4.69, 9.17) is 15.2 Å². The maximum absolute atomic E-state index is 14.4. The van der Waals surface area contributed by atoms with E-state index in [1.54, 1.807) is 18.2 Å². The number of ether oxygens (including phenoxy) is 2. The molecule has 0 radical (unpaired) electrons. The molecule has 41 heavy (non-hydrogen) atoms. The van der Waals surface area contributed by atoms with Gasteiger partial charge in [-0.1, -0.05) is 32.0 Å². The zero-order chi connectivity index (χ0) is 29.6. The zero-order valence-corrected chi connectivity index (χ0v) is 23.1. The number of carbonyl (C=O) groups excluding carboxylic acids is 1. The van der Waals surface area contributed by atoms with E-state index < -0.39 is 26.8 Å². The number of rotatable bonds is 11. The molecule has 0 fully saturated rings. The molecular formula is C29H28F2N4O5S. The van der Waals surface area contributed by atoms with Crippen LogP contribution in [0.3, 0.4) is 0 Å². The summed E-state index contributed by atoms with van der Waals surface area (Å²) < 4.78 is 66.7. The topological polar surface area (TPSA) is 134 Å². The number of anilines is 1. The Labute approximate surface area is 236 Å². The van der Waals surface area contributed by atoms with Gasteiger partial charge in [-0.25, -0.2) is 23.5 Å². The molecule has 0 saturated heterocycles. The summed E-state index contributed by atoms with van der Waals surface area (Å²) in [4.78, 5) is 21.3. The van der Waals surface area contributed by atoms with Crippen molar-refractivity contribution in [1.82, 2.24) is 14.7 Å². The van der Waals surface area contributed by atoms with Gasteiger partial charge in [0.2, 0.25) is 5.88 Å². The summed E-state index contributed by atoms with van der Waals surface area (Å²) in [5, 5.41) is -0.442. The molecule has 12 heteroatoms. The van der Waals surface area contributed by atoms with Gasteiger partial charge in [-0.05, 0) is 60.0 Å². The summed E-state index contributed by atoms with van der Waals surface area (Å²) in [6.07, 6.45) is 0.339. The van der Waals surface area contributed by atoms with Crippen LogP contribution in [0.25, 0.3) is 11.3 Å². The van der Waals surface area contributed by atoms with Gasteiger partial charge in [-0.15, -0.1) is 0 Å². The fraction of sp³-hybridized carbons (Fsp3) is 0.207. The first-order valence-corrected chi connectivity index (χ1v) is 14.1. The van der Waals surface area contributed by atoms with Crippen molar-refractivity contribution in [1.29, 1.82) is 0 Å². The number of nitrogens with zero attached hydrogens (tertiary/aromatic N) is 2. The van der Waals surface area contributed by atoms with Crippen molar-refractivity contribution in [2.45, 2.75) is 25.3 Å². The highest BCUT2D eigenvalue weighted by molar-refractivity contribution is 7.90. The average molecular weight is 583 g/mol. The lowest BCUT2D eigenvalue weighted by atomic mass is 10.1.